The number of nitrogens with zero attached hydrogens (tertiary/aromatic N) is 2. The minimum atomic E-state index is -0.951. The Balaban J connectivity index is 1.99. The zero-order valence-corrected chi connectivity index (χ0v) is 12.6. The molecule has 4 nitrogen and oxygen atoms in total. The van der Waals surface area contributed by atoms with Crippen LogP contribution in [-0.2, 0) is 7.05 Å². The number of aryl methyl sites for hydroxylation is 1. The Hall–Kier alpha value is -2.59. The van der Waals surface area contributed by atoms with Crippen molar-refractivity contribution < 1.29 is 9.90 Å². The van der Waals surface area contributed by atoms with Crippen molar-refractivity contribution in [1.29, 1.82) is 0 Å². The van der Waals surface area contributed by atoms with Gasteiger partial charge in [-0.2, -0.15) is 0 Å². The molecular weight excluding hydrogens is 300 g/mol. The molecule has 0 spiro atoms. The molecule has 1 aromatic heterocycles. The standard InChI is InChI=1S/C17H13ClN2O2/c1-20-15-5-3-2-4-13(15)14(16(20)18)10-19-12-8-6-11(7-9-12)17(21)22/h2-10H,1H3,(H,21,22). The summed E-state index contributed by atoms with van der Waals surface area (Å²) in [6.45, 7) is 0. The number of aromatic nitrogens is 1. The third-order valence-corrected chi connectivity index (χ3v) is 3.99. The van der Waals surface area contributed by atoms with Crippen LogP contribution in [0.25, 0.3) is 10.9 Å². The molecule has 0 amide bonds. The van der Waals surface area contributed by atoms with Crippen LogP contribution in [-0.4, -0.2) is 21.9 Å². The van der Waals surface area contributed by atoms with Gasteiger partial charge in [-0.05, 0) is 30.3 Å². The maximum Gasteiger partial charge on any atom is 0.335 e. The number of carboxylic acids is 1. The highest BCUT2D eigenvalue weighted by Crippen LogP contribution is 2.28. The van der Waals surface area contributed by atoms with Crippen LogP contribution in [0.15, 0.2) is 53.5 Å². The molecule has 0 aliphatic heterocycles. The van der Waals surface area contributed by atoms with Gasteiger partial charge in [-0.25, -0.2) is 4.79 Å². The van der Waals surface area contributed by atoms with Crippen molar-refractivity contribution in [2.24, 2.45) is 12.0 Å². The van der Waals surface area contributed by atoms with E-state index in [9.17, 15) is 4.79 Å². The molecule has 3 aromatic rings. The molecule has 0 radical (unpaired) electrons. The fraction of sp³-hybridized carbons (Fsp3) is 0.0588. The quantitative estimate of drug-likeness (QED) is 0.734. The van der Waals surface area contributed by atoms with E-state index >= 15 is 0 Å². The lowest BCUT2D eigenvalue weighted by atomic mass is 10.2. The minimum absolute atomic E-state index is 0.238. The molecule has 0 fully saturated rings. The first-order valence-corrected chi connectivity index (χ1v) is 7.06. The maximum absolute atomic E-state index is 10.8. The normalized spacial score (nSPS) is 11.4. The van der Waals surface area contributed by atoms with E-state index in [1.807, 2.05) is 35.9 Å². The average Bonchev–Trinajstić information content (AvgIpc) is 2.78. The molecule has 1 heterocycles. The van der Waals surface area contributed by atoms with Crippen LogP contribution < -0.4 is 0 Å². The number of halogens is 1. The van der Waals surface area contributed by atoms with Crippen molar-refractivity contribution in [2.75, 3.05) is 0 Å². The molecule has 0 atom stereocenters. The number of fused-ring (bicyclic) bond motifs is 1. The van der Waals surface area contributed by atoms with Crippen LogP contribution in [0.3, 0.4) is 0 Å². The van der Waals surface area contributed by atoms with Gasteiger partial charge in [0.1, 0.15) is 5.15 Å². The molecular formula is C17H13ClN2O2. The van der Waals surface area contributed by atoms with Crippen molar-refractivity contribution in [2.45, 2.75) is 0 Å². The van der Waals surface area contributed by atoms with Crippen LogP contribution in [0, 0.1) is 0 Å². The van der Waals surface area contributed by atoms with E-state index < -0.39 is 5.97 Å². The zero-order valence-electron chi connectivity index (χ0n) is 11.8. The molecule has 22 heavy (non-hydrogen) atoms. The van der Waals surface area contributed by atoms with Gasteiger partial charge in [0, 0.05) is 29.7 Å². The molecule has 110 valence electrons. The SMILES string of the molecule is Cn1c(Cl)c(C=Nc2ccc(C(=O)O)cc2)c2ccccc21. The lowest BCUT2D eigenvalue weighted by molar-refractivity contribution is 0.0697. The summed E-state index contributed by atoms with van der Waals surface area (Å²) in [6.07, 6.45) is 1.71. The first-order chi connectivity index (χ1) is 10.6. The summed E-state index contributed by atoms with van der Waals surface area (Å²) in [4.78, 5) is 15.2. The molecule has 0 saturated carbocycles. The van der Waals surface area contributed by atoms with E-state index in [-0.39, 0.29) is 5.56 Å². The summed E-state index contributed by atoms with van der Waals surface area (Å²) in [7, 11) is 1.91. The highest BCUT2D eigenvalue weighted by atomic mass is 35.5. The molecule has 3 rings (SSSR count). The first-order valence-electron chi connectivity index (χ1n) is 6.68. The summed E-state index contributed by atoms with van der Waals surface area (Å²) in [5.74, 6) is -0.951. The monoisotopic (exact) mass is 312 g/mol. The van der Waals surface area contributed by atoms with Crippen LogP contribution >= 0.6 is 11.6 Å². The van der Waals surface area contributed by atoms with Crippen molar-refractivity contribution in [1.82, 2.24) is 4.57 Å². The lowest BCUT2D eigenvalue weighted by Crippen LogP contribution is -1.94. The molecule has 0 unspecified atom stereocenters. The predicted molar refractivity (Wildman–Crippen MR) is 88.6 cm³/mol. The Morgan fingerprint density at radius 1 is 1.18 bits per heavy atom. The van der Waals surface area contributed by atoms with Crippen LogP contribution in [0.2, 0.25) is 5.15 Å². The van der Waals surface area contributed by atoms with Crippen LogP contribution in [0.1, 0.15) is 15.9 Å². The molecule has 0 saturated heterocycles. The largest absolute Gasteiger partial charge is 0.478 e. The smallest absolute Gasteiger partial charge is 0.335 e. The Bertz CT molecular complexity index is 880. The van der Waals surface area contributed by atoms with E-state index in [2.05, 4.69) is 4.99 Å². The zero-order chi connectivity index (χ0) is 15.7. The van der Waals surface area contributed by atoms with E-state index in [1.54, 1.807) is 18.3 Å². The van der Waals surface area contributed by atoms with E-state index in [0.717, 1.165) is 16.5 Å². The Morgan fingerprint density at radius 3 is 2.55 bits per heavy atom. The highest BCUT2D eigenvalue weighted by molar-refractivity contribution is 6.34. The summed E-state index contributed by atoms with van der Waals surface area (Å²) in [5.41, 5.74) is 2.80. The Morgan fingerprint density at radius 2 is 1.86 bits per heavy atom. The van der Waals surface area contributed by atoms with Gasteiger partial charge >= 0.3 is 5.97 Å². The van der Waals surface area contributed by atoms with Crippen molar-refractivity contribution in [3.63, 3.8) is 0 Å². The minimum Gasteiger partial charge on any atom is -0.478 e. The second-order valence-corrected chi connectivity index (χ2v) is 5.25. The summed E-state index contributed by atoms with van der Waals surface area (Å²) < 4.78 is 1.91. The number of benzene rings is 2. The van der Waals surface area contributed by atoms with Gasteiger partial charge in [-0.1, -0.05) is 29.8 Å². The molecule has 0 bridgehead atoms. The molecule has 0 aliphatic rings. The number of hydrogen-bond acceptors (Lipinski definition) is 2. The van der Waals surface area contributed by atoms with Crippen molar-refractivity contribution in [3.8, 4) is 0 Å². The van der Waals surface area contributed by atoms with Gasteiger partial charge in [0.15, 0.2) is 0 Å². The topological polar surface area (TPSA) is 54.6 Å². The van der Waals surface area contributed by atoms with Crippen molar-refractivity contribution in [3.05, 3.63) is 64.8 Å². The number of aromatic carboxylic acids is 1. The average molecular weight is 313 g/mol. The van der Waals surface area contributed by atoms with Gasteiger partial charge in [0.25, 0.3) is 0 Å². The van der Waals surface area contributed by atoms with Crippen LogP contribution in [0.4, 0.5) is 5.69 Å². The number of rotatable bonds is 3. The van der Waals surface area contributed by atoms with E-state index in [0.29, 0.717) is 10.8 Å². The number of para-hydroxylation sites is 1. The van der Waals surface area contributed by atoms with Crippen LogP contribution in [0.5, 0.6) is 0 Å². The van der Waals surface area contributed by atoms with Gasteiger partial charge in [-0.3, -0.25) is 4.99 Å². The van der Waals surface area contributed by atoms with Gasteiger partial charge in [0.2, 0.25) is 0 Å². The fourth-order valence-electron chi connectivity index (χ4n) is 2.34. The molecule has 1 N–H and O–H groups in total. The van der Waals surface area contributed by atoms with E-state index in [4.69, 9.17) is 16.7 Å². The number of carboxylic acid groups (broad SMARTS) is 1. The van der Waals surface area contributed by atoms with E-state index in [1.165, 1.54) is 12.1 Å². The van der Waals surface area contributed by atoms with Gasteiger partial charge < -0.3 is 9.67 Å². The molecule has 5 heteroatoms. The number of aliphatic imine (C=N–C) groups is 1. The lowest BCUT2D eigenvalue weighted by Gasteiger charge is -1.96. The second-order valence-electron chi connectivity index (χ2n) is 4.89. The summed E-state index contributed by atoms with van der Waals surface area (Å²) >= 11 is 6.36. The van der Waals surface area contributed by atoms with Gasteiger partial charge in [-0.15, -0.1) is 0 Å². The predicted octanol–water partition coefficient (Wildman–Crippen LogP) is 4.28. The third kappa shape index (κ3) is 2.49. The number of carbonyl (C=O) groups is 1. The van der Waals surface area contributed by atoms with Gasteiger partial charge in [0.05, 0.1) is 11.3 Å². The summed E-state index contributed by atoms with van der Waals surface area (Å²) in [5, 5.41) is 10.5. The molecule has 2 aromatic carbocycles. The van der Waals surface area contributed by atoms with Crippen molar-refractivity contribution >= 4 is 40.4 Å². The summed E-state index contributed by atoms with van der Waals surface area (Å²) in [6, 6.07) is 14.3. The Kier molecular flexibility index (Phi) is 3.69. The second kappa shape index (κ2) is 5.66. The fourth-order valence-corrected chi connectivity index (χ4v) is 2.59. The first kappa shape index (κ1) is 14.4. The highest BCUT2D eigenvalue weighted by Gasteiger charge is 2.11. The Labute approximate surface area is 132 Å². The molecule has 0 aliphatic carbocycles. The third-order valence-electron chi connectivity index (χ3n) is 3.53. The number of hydrogen-bond donors (Lipinski definition) is 1. The maximum atomic E-state index is 10.8.